The summed E-state index contributed by atoms with van der Waals surface area (Å²) < 4.78 is 9.75. The molecule has 114 valence electrons. The number of hydrogen-bond acceptors (Lipinski definition) is 7. The quantitative estimate of drug-likeness (QED) is 0.346. The van der Waals surface area contributed by atoms with Crippen LogP contribution >= 0.6 is 11.8 Å². The van der Waals surface area contributed by atoms with Gasteiger partial charge in [-0.05, 0) is 24.8 Å². The maximum Gasteiger partial charge on any atom is 0.413 e. The van der Waals surface area contributed by atoms with Gasteiger partial charge in [-0.3, -0.25) is 14.9 Å². The molecule has 8 nitrogen and oxygen atoms in total. The number of nitrogens with zero attached hydrogens (tertiary/aromatic N) is 1. The highest BCUT2D eigenvalue weighted by Gasteiger charge is 2.13. The number of pyridine rings is 1. The third-order valence-electron chi connectivity index (χ3n) is 2.01. The van der Waals surface area contributed by atoms with Gasteiger partial charge in [0.25, 0.3) is 10.9 Å². The fourth-order valence-electron chi connectivity index (χ4n) is 1.16. The lowest BCUT2D eigenvalue weighted by Crippen LogP contribution is -2.34. The zero-order valence-electron chi connectivity index (χ0n) is 11.2. The minimum absolute atomic E-state index is 0.126. The number of rotatable bonds is 6. The van der Waals surface area contributed by atoms with E-state index in [0.717, 1.165) is 11.8 Å². The molecule has 2 amide bonds. The topological polar surface area (TPSA) is 109 Å². The van der Waals surface area contributed by atoms with Crippen molar-refractivity contribution in [3.63, 3.8) is 0 Å². The molecule has 0 aromatic carbocycles. The normalized spacial score (nSPS) is 9.76. The lowest BCUT2D eigenvalue weighted by molar-refractivity contribution is -0.645. The molecule has 0 aliphatic carbocycles. The van der Waals surface area contributed by atoms with Crippen molar-refractivity contribution >= 4 is 29.7 Å². The number of ether oxygens (including phenoxy) is 2. The molecule has 0 fully saturated rings. The van der Waals surface area contributed by atoms with Crippen molar-refractivity contribution in [3.8, 4) is 0 Å². The number of imide groups is 1. The monoisotopic (exact) mass is 314 g/mol. The van der Waals surface area contributed by atoms with Gasteiger partial charge in [0.15, 0.2) is 12.8 Å². The number of amides is 2. The number of thioether (sulfide) groups is 1. The second-order valence-electron chi connectivity index (χ2n) is 3.58. The van der Waals surface area contributed by atoms with E-state index in [0.29, 0.717) is 9.76 Å². The van der Waals surface area contributed by atoms with Crippen molar-refractivity contribution in [3.05, 3.63) is 29.6 Å². The predicted molar refractivity (Wildman–Crippen MR) is 72.2 cm³/mol. The van der Waals surface area contributed by atoms with Gasteiger partial charge >= 0.3 is 12.1 Å². The molecule has 0 saturated carbocycles. The van der Waals surface area contributed by atoms with Gasteiger partial charge < -0.3 is 14.7 Å². The maximum absolute atomic E-state index is 11.4. The van der Waals surface area contributed by atoms with Crippen LogP contribution in [0.25, 0.3) is 0 Å². The van der Waals surface area contributed by atoms with Crippen LogP contribution in [-0.4, -0.2) is 36.9 Å². The van der Waals surface area contributed by atoms with E-state index >= 15 is 0 Å². The van der Waals surface area contributed by atoms with Crippen molar-refractivity contribution in [1.29, 1.82) is 0 Å². The van der Waals surface area contributed by atoms with Gasteiger partial charge in [-0.1, -0.05) is 0 Å². The first kappa shape index (κ1) is 16.8. The van der Waals surface area contributed by atoms with E-state index in [1.807, 2.05) is 5.32 Å². The molecule has 0 aliphatic rings. The summed E-state index contributed by atoms with van der Waals surface area (Å²) in [5, 5.41) is 13.5. The van der Waals surface area contributed by atoms with Crippen molar-refractivity contribution in [2.75, 3.05) is 19.0 Å². The Morgan fingerprint density at radius 3 is 2.76 bits per heavy atom. The minimum Gasteiger partial charge on any atom is -0.618 e. The summed E-state index contributed by atoms with van der Waals surface area (Å²) in [7, 11) is 0. The average Bonchev–Trinajstić information content (AvgIpc) is 2.44. The number of carbonyl (C=O) groups is 3. The molecule has 0 unspecified atom stereocenters. The third kappa shape index (κ3) is 6.61. The molecule has 1 aromatic heterocycles. The van der Waals surface area contributed by atoms with Gasteiger partial charge in [0, 0.05) is 12.1 Å². The molecule has 1 rings (SSSR count). The summed E-state index contributed by atoms with van der Waals surface area (Å²) in [6.45, 7) is 1.12. The Labute approximate surface area is 125 Å². The summed E-state index contributed by atoms with van der Waals surface area (Å²) in [5.74, 6) is -1.59. The van der Waals surface area contributed by atoms with Gasteiger partial charge in [0.05, 0.1) is 6.61 Å². The Balaban J connectivity index is 2.27. The molecule has 1 heterocycles. The Hall–Kier alpha value is -2.29. The number of alkyl carbamates (subject to hydrolysis) is 1. The van der Waals surface area contributed by atoms with Gasteiger partial charge in [-0.15, -0.1) is 0 Å². The van der Waals surface area contributed by atoms with Crippen LogP contribution in [0.1, 0.15) is 6.92 Å². The number of aromatic nitrogens is 1. The Morgan fingerprint density at radius 2 is 2.10 bits per heavy atom. The fraction of sp³-hybridized carbons (Fsp3) is 0.333. The number of carbonyl (C=O) groups excluding carboxylic acids is 3. The molecule has 9 heteroatoms. The molecular formula is C12H14N2O6S. The number of hydrogen-bond donors (Lipinski definition) is 1. The first-order chi connectivity index (χ1) is 10.0. The average molecular weight is 314 g/mol. The van der Waals surface area contributed by atoms with Crippen LogP contribution in [0.2, 0.25) is 0 Å². The van der Waals surface area contributed by atoms with Crippen LogP contribution in [0, 0.1) is 5.21 Å². The van der Waals surface area contributed by atoms with Crippen molar-refractivity contribution in [1.82, 2.24) is 5.32 Å². The van der Waals surface area contributed by atoms with Crippen LogP contribution < -0.4 is 10.0 Å². The third-order valence-corrected chi connectivity index (χ3v) is 3.00. The summed E-state index contributed by atoms with van der Waals surface area (Å²) in [4.78, 5) is 33.5. The van der Waals surface area contributed by atoms with E-state index in [9.17, 15) is 19.6 Å². The van der Waals surface area contributed by atoms with E-state index in [2.05, 4.69) is 9.47 Å². The lowest BCUT2D eigenvalue weighted by Gasteiger charge is -2.06. The first-order valence-corrected chi connectivity index (χ1v) is 6.94. The summed E-state index contributed by atoms with van der Waals surface area (Å²) in [5.41, 5.74) is 0. The van der Waals surface area contributed by atoms with Crippen LogP contribution in [0.15, 0.2) is 29.4 Å². The van der Waals surface area contributed by atoms with Gasteiger partial charge in [0.1, 0.15) is 5.75 Å². The Morgan fingerprint density at radius 1 is 1.33 bits per heavy atom. The van der Waals surface area contributed by atoms with Gasteiger partial charge in [-0.2, -0.15) is 4.73 Å². The zero-order valence-corrected chi connectivity index (χ0v) is 12.1. The van der Waals surface area contributed by atoms with E-state index in [1.165, 1.54) is 6.20 Å². The minimum atomic E-state index is -0.899. The van der Waals surface area contributed by atoms with Gasteiger partial charge in [-0.25, -0.2) is 4.79 Å². The molecule has 21 heavy (non-hydrogen) atoms. The van der Waals surface area contributed by atoms with E-state index in [-0.39, 0.29) is 12.4 Å². The molecule has 0 saturated heterocycles. The molecule has 0 spiro atoms. The molecule has 0 aliphatic heterocycles. The largest absolute Gasteiger partial charge is 0.618 e. The van der Waals surface area contributed by atoms with Crippen LogP contribution in [0.5, 0.6) is 0 Å². The van der Waals surface area contributed by atoms with Crippen molar-refractivity contribution < 1.29 is 28.6 Å². The molecule has 1 N–H and O–H groups in total. The maximum atomic E-state index is 11.4. The zero-order chi connectivity index (χ0) is 15.7. The Kier molecular flexibility index (Phi) is 7.02. The summed E-state index contributed by atoms with van der Waals surface area (Å²) in [6, 6.07) is 4.78. The highest BCUT2D eigenvalue weighted by atomic mass is 32.2. The molecular weight excluding hydrogens is 300 g/mol. The molecule has 1 aromatic rings. The van der Waals surface area contributed by atoms with E-state index in [1.54, 1.807) is 25.1 Å². The second-order valence-corrected chi connectivity index (χ2v) is 4.58. The lowest BCUT2D eigenvalue weighted by atomic mass is 10.5. The van der Waals surface area contributed by atoms with Gasteiger partial charge in [0.2, 0.25) is 0 Å². The summed E-state index contributed by atoms with van der Waals surface area (Å²) in [6.07, 6.45) is 0.407. The molecule has 0 radical (unpaired) electrons. The van der Waals surface area contributed by atoms with Crippen LogP contribution in [0.4, 0.5) is 4.79 Å². The van der Waals surface area contributed by atoms with E-state index < -0.39 is 24.6 Å². The molecule has 0 atom stereocenters. The first-order valence-electron chi connectivity index (χ1n) is 5.96. The fourth-order valence-corrected chi connectivity index (χ4v) is 1.87. The second kappa shape index (κ2) is 8.80. The molecule has 0 bridgehead atoms. The highest BCUT2D eigenvalue weighted by molar-refractivity contribution is 7.99. The SMILES string of the molecule is CCOC(=O)NC(=O)COC(=O)CSc1cccc[n+]1[O-]. The Bertz CT molecular complexity index is 522. The number of esters is 1. The predicted octanol–water partition coefficient (Wildman–Crippen LogP) is 0.228. The van der Waals surface area contributed by atoms with Crippen LogP contribution in [-0.2, 0) is 19.1 Å². The van der Waals surface area contributed by atoms with Crippen molar-refractivity contribution in [2.45, 2.75) is 11.9 Å². The van der Waals surface area contributed by atoms with Crippen LogP contribution in [0.3, 0.4) is 0 Å². The van der Waals surface area contributed by atoms with Crippen molar-refractivity contribution in [2.24, 2.45) is 0 Å². The standard InChI is InChI=1S/C12H14N2O6S/c1-2-19-12(17)13-9(15)7-20-11(16)8-21-10-5-3-4-6-14(10)18/h3-6H,2,7-8H2,1H3,(H,13,15,17). The van der Waals surface area contributed by atoms with E-state index in [4.69, 9.17) is 0 Å². The number of nitrogens with one attached hydrogen (secondary N) is 1. The highest BCUT2D eigenvalue weighted by Crippen LogP contribution is 2.12. The summed E-state index contributed by atoms with van der Waals surface area (Å²) >= 11 is 0.981. The smallest absolute Gasteiger partial charge is 0.413 e.